The summed E-state index contributed by atoms with van der Waals surface area (Å²) in [5.74, 6) is -1.65. The van der Waals surface area contributed by atoms with Gasteiger partial charge in [-0.3, -0.25) is 4.79 Å². The minimum absolute atomic E-state index is 0.0626. The molecule has 2 aliphatic heterocycles. The lowest BCUT2D eigenvalue weighted by Crippen LogP contribution is -2.53. The van der Waals surface area contributed by atoms with Crippen LogP contribution in [0.3, 0.4) is 0 Å². The van der Waals surface area contributed by atoms with Crippen molar-refractivity contribution in [3.05, 3.63) is 59.7 Å². The van der Waals surface area contributed by atoms with Crippen molar-refractivity contribution in [2.75, 3.05) is 19.8 Å². The van der Waals surface area contributed by atoms with Crippen LogP contribution in [0.15, 0.2) is 48.5 Å². The van der Waals surface area contributed by atoms with E-state index in [4.69, 9.17) is 14.2 Å². The minimum Gasteiger partial charge on any atom is -0.479 e. The van der Waals surface area contributed by atoms with Crippen LogP contribution in [0.1, 0.15) is 29.9 Å². The number of amides is 2. The standard InChI is InChI=1S/C25H26N2O7/c28-23(26-20-10-12-33-22(20)24(29)30)21-19(9-11-32-21)27-25(31)34-13-18-16-7-3-1-5-14(16)15-6-2-4-8-17(15)18/h1-8,18-22H,9-13H2,(H,26,28)(H,27,31)(H,29,30)/t19?,20-,21?,22+/m0/s1. The van der Waals surface area contributed by atoms with E-state index >= 15 is 0 Å². The van der Waals surface area contributed by atoms with Crippen LogP contribution in [0, 0.1) is 0 Å². The molecule has 0 saturated carbocycles. The van der Waals surface area contributed by atoms with Crippen LogP contribution in [0.4, 0.5) is 4.79 Å². The molecule has 3 aliphatic rings. The molecule has 5 rings (SSSR count). The highest BCUT2D eigenvalue weighted by Gasteiger charge is 2.41. The number of aliphatic carboxylic acids is 1. The molecular weight excluding hydrogens is 440 g/mol. The molecule has 2 fully saturated rings. The van der Waals surface area contributed by atoms with E-state index in [-0.39, 0.29) is 19.1 Å². The monoisotopic (exact) mass is 466 g/mol. The number of rotatable bonds is 6. The summed E-state index contributed by atoms with van der Waals surface area (Å²) in [6.45, 7) is 0.731. The van der Waals surface area contributed by atoms with Crippen molar-refractivity contribution in [2.24, 2.45) is 0 Å². The molecule has 2 aromatic rings. The number of carbonyl (C=O) groups excluding carboxylic acids is 2. The van der Waals surface area contributed by atoms with Crippen molar-refractivity contribution in [3.63, 3.8) is 0 Å². The smallest absolute Gasteiger partial charge is 0.407 e. The third-order valence-electron chi connectivity index (χ3n) is 6.66. The largest absolute Gasteiger partial charge is 0.479 e. The van der Waals surface area contributed by atoms with Gasteiger partial charge in [0, 0.05) is 19.1 Å². The van der Waals surface area contributed by atoms with E-state index in [1.807, 2.05) is 36.4 Å². The number of ether oxygens (including phenoxy) is 3. The number of hydrogen-bond donors (Lipinski definition) is 3. The fraction of sp³-hybridized carbons (Fsp3) is 0.400. The van der Waals surface area contributed by atoms with Gasteiger partial charge >= 0.3 is 12.1 Å². The van der Waals surface area contributed by atoms with Gasteiger partial charge in [-0.1, -0.05) is 48.5 Å². The number of benzene rings is 2. The molecule has 2 saturated heterocycles. The molecule has 3 N–H and O–H groups in total. The van der Waals surface area contributed by atoms with Gasteiger partial charge in [-0.05, 0) is 35.1 Å². The Bertz CT molecular complexity index is 1060. The van der Waals surface area contributed by atoms with Crippen molar-refractivity contribution in [1.29, 1.82) is 0 Å². The quantitative estimate of drug-likeness (QED) is 0.595. The molecule has 34 heavy (non-hydrogen) atoms. The number of hydrogen-bond acceptors (Lipinski definition) is 6. The predicted molar refractivity (Wildman–Crippen MR) is 120 cm³/mol. The van der Waals surface area contributed by atoms with Crippen LogP contribution in [0.25, 0.3) is 11.1 Å². The van der Waals surface area contributed by atoms with Crippen LogP contribution in [0.5, 0.6) is 0 Å². The lowest BCUT2D eigenvalue weighted by Gasteiger charge is -2.23. The summed E-state index contributed by atoms with van der Waals surface area (Å²) in [6, 6.07) is 15.0. The average molecular weight is 466 g/mol. The highest BCUT2D eigenvalue weighted by Crippen LogP contribution is 2.44. The van der Waals surface area contributed by atoms with Gasteiger partial charge < -0.3 is 30.0 Å². The third-order valence-corrected chi connectivity index (χ3v) is 6.66. The number of carbonyl (C=O) groups is 3. The number of carboxylic acid groups (broad SMARTS) is 1. The zero-order valence-corrected chi connectivity index (χ0v) is 18.4. The second kappa shape index (κ2) is 9.44. The molecule has 2 unspecified atom stereocenters. The minimum atomic E-state index is -1.12. The molecule has 178 valence electrons. The van der Waals surface area contributed by atoms with Gasteiger partial charge in [0.1, 0.15) is 6.61 Å². The van der Waals surface area contributed by atoms with Crippen LogP contribution >= 0.6 is 0 Å². The van der Waals surface area contributed by atoms with Gasteiger partial charge in [0.25, 0.3) is 5.91 Å². The molecule has 0 spiro atoms. The molecule has 0 radical (unpaired) electrons. The van der Waals surface area contributed by atoms with Crippen LogP contribution in [-0.2, 0) is 23.8 Å². The van der Waals surface area contributed by atoms with Crippen LogP contribution in [-0.4, -0.2) is 67.2 Å². The topological polar surface area (TPSA) is 123 Å². The fourth-order valence-corrected chi connectivity index (χ4v) is 5.03. The normalized spacial score (nSPS) is 25.4. The van der Waals surface area contributed by atoms with Gasteiger partial charge in [-0.2, -0.15) is 0 Å². The van der Waals surface area contributed by atoms with E-state index in [9.17, 15) is 19.5 Å². The summed E-state index contributed by atoms with van der Waals surface area (Å²) < 4.78 is 16.3. The van der Waals surface area contributed by atoms with E-state index in [0.29, 0.717) is 19.4 Å². The fourth-order valence-electron chi connectivity index (χ4n) is 5.03. The summed E-state index contributed by atoms with van der Waals surface area (Å²) in [5.41, 5.74) is 4.52. The van der Waals surface area contributed by atoms with Crippen molar-refractivity contribution in [2.45, 2.75) is 43.1 Å². The van der Waals surface area contributed by atoms with Crippen molar-refractivity contribution < 1.29 is 33.7 Å². The van der Waals surface area contributed by atoms with E-state index in [1.165, 1.54) is 0 Å². The Morgan fingerprint density at radius 3 is 2.03 bits per heavy atom. The van der Waals surface area contributed by atoms with E-state index in [2.05, 4.69) is 22.8 Å². The van der Waals surface area contributed by atoms with Gasteiger partial charge in [0.15, 0.2) is 12.2 Å². The third kappa shape index (κ3) is 4.24. The first-order chi connectivity index (χ1) is 16.5. The number of alkyl carbamates (subject to hydrolysis) is 1. The highest BCUT2D eigenvalue weighted by atomic mass is 16.6. The van der Waals surface area contributed by atoms with Gasteiger partial charge in [0.2, 0.25) is 0 Å². The summed E-state index contributed by atoms with van der Waals surface area (Å²) in [4.78, 5) is 36.6. The lowest BCUT2D eigenvalue weighted by atomic mass is 9.98. The zero-order chi connectivity index (χ0) is 23.7. The first kappa shape index (κ1) is 22.4. The summed E-state index contributed by atoms with van der Waals surface area (Å²) in [6.07, 6.45) is -1.77. The molecule has 2 amide bonds. The van der Waals surface area contributed by atoms with E-state index < -0.39 is 42.3 Å². The second-order valence-corrected chi connectivity index (χ2v) is 8.69. The highest BCUT2D eigenvalue weighted by molar-refractivity contribution is 5.84. The molecule has 0 aromatic heterocycles. The van der Waals surface area contributed by atoms with Crippen molar-refractivity contribution in [3.8, 4) is 11.1 Å². The Balaban J connectivity index is 1.19. The van der Waals surface area contributed by atoms with Crippen LogP contribution in [0.2, 0.25) is 0 Å². The SMILES string of the molecule is O=C(NC1CCOC1C(=O)N[C@H]1CCO[C@H]1C(=O)O)OCC1c2ccccc2-c2ccccc21. The van der Waals surface area contributed by atoms with E-state index in [0.717, 1.165) is 22.3 Å². The Kier molecular flexibility index (Phi) is 6.21. The van der Waals surface area contributed by atoms with Gasteiger partial charge in [-0.25, -0.2) is 9.59 Å². The molecule has 9 nitrogen and oxygen atoms in total. The Labute approximate surface area is 196 Å². The Morgan fingerprint density at radius 1 is 0.853 bits per heavy atom. The maximum atomic E-state index is 12.7. The Morgan fingerprint density at radius 2 is 1.41 bits per heavy atom. The molecule has 9 heteroatoms. The number of nitrogens with one attached hydrogen (secondary N) is 2. The van der Waals surface area contributed by atoms with Crippen molar-refractivity contribution >= 4 is 18.0 Å². The van der Waals surface area contributed by atoms with Crippen molar-refractivity contribution in [1.82, 2.24) is 10.6 Å². The van der Waals surface area contributed by atoms with Crippen LogP contribution < -0.4 is 10.6 Å². The molecule has 2 heterocycles. The zero-order valence-electron chi connectivity index (χ0n) is 18.4. The molecular formula is C25H26N2O7. The summed E-state index contributed by atoms with van der Waals surface area (Å²) >= 11 is 0. The number of fused-ring (bicyclic) bond motifs is 3. The second-order valence-electron chi connectivity index (χ2n) is 8.69. The van der Waals surface area contributed by atoms with Gasteiger partial charge in [-0.15, -0.1) is 0 Å². The average Bonchev–Trinajstić information content (AvgIpc) is 3.55. The molecule has 0 bridgehead atoms. The van der Waals surface area contributed by atoms with E-state index in [1.54, 1.807) is 0 Å². The lowest BCUT2D eigenvalue weighted by molar-refractivity contribution is -0.148. The maximum absolute atomic E-state index is 12.7. The number of carboxylic acids is 1. The van der Waals surface area contributed by atoms with Gasteiger partial charge in [0.05, 0.1) is 12.1 Å². The molecule has 1 aliphatic carbocycles. The predicted octanol–water partition coefficient (Wildman–Crippen LogP) is 2.04. The Hall–Kier alpha value is -3.43. The molecule has 4 atom stereocenters. The first-order valence-electron chi connectivity index (χ1n) is 11.4. The summed E-state index contributed by atoms with van der Waals surface area (Å²) in [7, 11) is 0. The maximum Gasteiger partial charge on any atom is 0.407 e. The summed E-state index contributed by atoms with van der Waals surface area (Å²) in [5, 5.41) is 14.7. The first-order valence-corrected chi connectivity index (χ1v) is 11.4. The molecule has 2 aromatic carbocycles.